The first-order valence-corrected chi connectivity index (χ1v) is 4.14. The lowest BCUT2D eigenvalue weighted by molar-refractivity contribution is -0.138. The van der Waals surface area contributed by atoms with Crippen molar-refractivity contribution in [3.8, 4) is 0 Å². The zero-order chi connectivity index (χ0) is 10.3. The number of ether oxygens (including phenoxy) is 3. The molecule has 0 N–H and O–H groups in total. The molecule has 0 aromatic heterocycles. The topological polar surface area (TPSA) is 44.8 Å². The first-order valence-electron chi connectivity index (χ1n) is 4.14. The van der Waals surface area contributed by atoms with E-state index < -0.39 is 0 Å². The van der Waals surface area contributed by atoms with Gasteiger partial charge in [-0.3, -0.25) is 0 Å². The van der Waals surface area contributed by atoms with E-state index in [0.29, 0.717) is 12.2 Å². The van der Waals surface area contributed by atoms with E-state index in [9.17, 15) is 4.79 Å². The van der Waals surface area contributed by atoms with E-state index >= 15 is 0 Å². The number of hydrogen-bond donors (Lipinski definition) is 0. The molecule has 0 spiro atoms. The van der Waals surface area contributed by atoms with Crippen LogP contribution in [0.15, 0.2) is 11.8 Å². The van der Waals surface area contributed by atoms with Crippen LogP contribution in [0.2, 0.25) is 0 Å². The fourth-order valence-electron chi connectivity index (χ4n) is 0.546. The summed E-state index contributed by atoms with van der Waals surface area (Å²) in [6.45, 7) is 5.48. The Bertz CT molecular complexity index is 186. The minimum atomic E-state index is -0.370. The Kier molecular flexibility index (Phi) is 5.97. The van der Waals surface area contributed by atoms with Crippen molar-refractivity contribution in [2.24, 2.45) is 0 Å². The van der Waals surface area contributed by atoms with Crippen LogP contribution < -0.4 is 0 Å². The van der Waals surface area contributed by atoms with Crippen molar-refractivity contribution in [3.05, 3.63) is 11.8 Å². The zero-order valence-electron chi connectivity index (χ0n) is 8.49. The molecule has 0 amide bonds. The molecule has 0 aliphatic rings. The highest BCUT2D eigenvalue weighted by molar-refractivity contribution is 5.87. The maximum absolute atomic E-state index is 11.0. The van der Waals surface area contributed by atoms with Gasteiger partial charge in [0, 0.05) is 7.11 Å². The number of rotatable bonds is 5. The molecule has 0 aliphatic heterocycles. The molecule has 0 aromatic rings. The minimum absolute atomic E-state index is 0.357. The molecule has 76 valence electrons. The third-order valence-corrected chi connectivity index (χ3v) is 1.37. The van der Waals surface area contributed by atoms with Crippen molar-refractivity contribution < 1.29 is 19.0 Å². The van der Waals surface area contributed by atoms with Crippen LogP contribution in [0.25, 0.3) is 0 Å². The van der Waals surface area contributed by atoms with Crippen LogP contribution in [0.3, 0.4) is 0 Å². The van der Waals surface area contributed by atoms with Crippen molar-refractivity contribution in [1.82, 2.24) is 0 Å². The summed E-state index contributed by atoms with van der Waals surface area (Å²) in [7, 11) is 1.53. The first kappa shape index (κ1) is 12.0. The number of methoxy groups -OCH3 is 1. The second kappa shape index (κ2) is 6.48. The van der Waals surface area contributed by atoms with Crippen molar-refractivity contribution in [2.45, 2.75) is 27.1 Å². The van der Waals surface area contributed by atoms with Crippen molar-refractivity contribution >= 4 is 5.97 Å². The van der Waals surface area contributed by atoms with Gasteiger partial charge in [0.2, 0.25) is 0 Å². The van der Waals surface area contributed by atoms with Gasteiger partial charge < -0.3 is 14.2 Å². The summed E-state index contributed by atoms with van der Waals surface area (Å²) in [6, 6.07) is 0. The highest BCUT2D eigenvalue weighted by Crippen LogP contribution is 2.00. The van der Waals surface area contributed by atoms with Crippen molar-refractivity contribution in [1.29, 1.82) is 0 Å². The van der Waals surface area contributed by atoms with Gasteiger partial charge in [0.25, 0.3) is 0 Å². The first-order chi connectivity index (χ1) is 6.11. The smallest absolute Gasteiger partial charge is 0.336 e. The lowest BCUT2D eigenvalue weighted by Gasteiger charge is -2.09. The Hall–Kier alpha value is -1.03. The Labute approximate surface area is 78.5 Å². The molecule has 0 saturated carbocycles. The standard InChI is InChI=1S/C9H16O4/c1-5-12-9(10)7(2)6-13-8(3)11-4/h6,8H,5H2,1-4H3/b7-6+. The minimum Gasteiger partial charge on any atom is -0.472 e. The number of carbonyl (C=O) groups is 1. The lowest BCUT2D eigenvalue weighted by Crippen LogP contribution is -2.09. The van der Waals surface area contributed by atoms with Crippen LogP contribution in [0, 0.1) is 0 Å². The number of carbonyl (C=O) groups excluding carboxylic acids is 1. The van der Waals surface area contributed by atoms with Gasteiger partial charge >= 0.3 is 5.97 Å². The summed E-state index contributed by atoms with van der Waals surface area (Å²) in [5.41, 5.74) is 0.422. The Morgan fingerprint density at radius 3 is 2.62 bits per heavy atom. The van der Waals surface area contributed by atoms with E-state index in [1.54, 1.807) is 20.8 Å². The fourth-order valence-corrected chi connectivity index (χ4v) is 0.546. The van der Waals surface area contributed by atoms with E-state index in [2.05, 4.69) is 0 Å². The predicted octanol–water partition coefficient (Wildman–Crippen LogP) is 1.46. The van der Waals surface area contributed by atoms with E-state index in [4.69, 9.17) is 14.2 Å². The van der Waals surface area contributed by atoms with Crippen LogP contribution in [-0.2, 0) is 19.0 Å². The van der Waals surface area contributed by atoms with Crippen LogP contribution >= 0.6 is 0 Å². The van der Waals surface area contributed by atoms with Gasteiger partial charge in [-0.15, -0.1) is 0 Å². The van der Waals surface area contributed by atoms with Crippen LogP contribution in [0.4, 0.5) is 0 Å². The molecule has 0 aromatic carbocycles. The summed E-state index contributed by atoms with van der Waals surface area (Å²) in [6.07, 6.45) is 0.982. The van der Waals surface area contributed by atoms with Gasteiger partial charge in [-0.1, -0.05) is 0 Å². The molecule has 4 nitrogen and oxygen atoms in total. The molecule has 0 saturated heterocycles. The average molecular weight is 188 g/mol. The van der Waals surface area contributed by atoms with E-state index in [-0.39, 0.29) is 12.3 Å². The Morgan fingerprint density at radius 2 is 2.15 bits per heavy atom. The van der Waals surface area contributed by atoms with Crippen molar-refractivity contribution in [3.63, 3.8) is 0 Å². The van der Waals surface area contributed by atoms with Gasteiger partial charge in [-0.2, -0.15) is 0 Å². The molecular formula is C9H16O4. The second-order valence-electron chi connectivity index (χ2n) is 2.46. The van der Waals surface area contributed by atoms with Gasteiger partial charge in [0.05, 0.1) is 18.4 Å². The molecule has 0 rings (SSSR count). The van der Waals surface area contributed by atoms with E-state index in [1.165, 1.54) is 13.4 Å². The summed E-state index contributed by atoms with van der Waals surface area (Å²) in [5, 5.41) is 0. The highest BCUT2D eigenvalue weighted by atomic mass is 16.7. The number of esters is 1. The van der Waals surface area contributed by atoms with Gasteiger partial charge in [0.15, 0.2) is 6.29 Å². The van der Waals surface area contributed by atoms with Gasteiger partial charge in [0.1, 0.15) is 0 Å². The molecule has 13 heavy (non-hydrogen) atoms. The monoisotopic (exact) mass is 188 g/mol. The maximum Gasteiger partial charge on any atom is 0.336 e. The summed E-state index contributed by atoms with van der Waals surface area (Å²) in [5.74, 6) is -0.370. The highest BCUT2D eigenvalue weighted by Gasteiger charge is 2.05. The van der Waals surface area contributed by atoms with Crippen LogP contribution in [-0.4, -0.2) is 26.0 Å². The third kappa shape index (κ3) is 5.25. The molecule has 1 atom stereocenters. The summed E-state index contributed by atoms with van der Waals surface area (Å²) in [4.78, 5) is 11.0. The number of hydrogen-bond acceptors (Lipinski definition) is 4. The quantitative estimate of drug-likeness (QED) is 0.283. The molecular weight excluding hydrogens is 172 g/mol. The molecule has 0 bridgehead atoms. The van der Waals surface area contributed by atoms with E-state index in [1.807, 2.05) is 0 Å². The van der Waals surface area contributed by atoms with Gasteiger partial charge in [-0.05, 0) is 20.8 Å². The van der Waals surface area contributed by atoms with Crippen LogP contribution in [0.5, 0.6) is 0 Å². The van der Waals surface area contributed by atoms with Gasteiger partial charge in [-0.25, -0.2) is 4.79 Å². The Morgan fingerprint density at radius 1 is 1.54 bits per heavy atom. The summed E-state index contributed by atoms with van der Waals surface area (Å²) >= 11 is 0. The molecule has 4 heteroatoms. The largest absolute Gasteiger partial charge is 0.472 e. The maximum atomic E-state index is 11.0. The molecule has 0 aliphatic carbocycles. The second-order valence-corrected chi connectivity index (χ2v) is 2.46. The molecule has 1 unspecified atom stereocenters. The van der Waals surface area contributed by atoms with Crippen LogP contribution in [0.1, 0.15) is 20.8 Å². The SMILES string of the molecule is CCOC(=O)/C(C)=C/OC(C)OC. The zero-order valence-corrected chi connectivity index (χ0v) is 8.49. The fraction of sp³-hybridized carbons (Fsp3) is 0.667. The Balaban J connectivity index is 3.93. The molecule has 0 heterocycles. The predicted molar refractivity (Wildman–Crippen MR) is 47.9 cm³/mol. The third-order valence-electron chi connectivity index (χ3n) is 1.37. The van der Waals surface area contributed by atoms with E-state index in [0.717, 1.165) is 0 Å². The summed E-state index contributed by atoms with van der Waals surface area (Å²) < 4.78 is 14.6. The van der Waals surface area contributed by atoms with Crippen molar-refractivity contribution in [2.75, 3.05) is 13.7 Å². The normalized spacial score (nSPS) is 13.7. The molecule has 0 radical (unpaired) electrons. The molecule has 0 fully saturated rings. The lowest BCUT2D eigenvalue weighted by atomic mass is 10.3. The average Bonchev–Trinajstić information content (AvgIpc) is 2.13.